The van der Waals surface area contributed by atoms with Gasteiger partial charge in [-0.05, 0) is 74.4 Å². The van der Waals surface area contributed by atoms with Crippen molar-refractivity contribution in [1.29, 1.82) is 0 Å². The Bertz CT molecular complexity index is 2000. The Morgan fingerprint density at radius 2 is 1.49 bits per heavy atom. The van der Waals surface area contributed by atoms with E-state index in [1.165, 1.54) is 87.6 Å². The number of pyridine rings is 1. The van der Waals surface area contributed by atoms with Crippen molar-refractivity contribution in [2.24, 2.45) is 0 Å². The second-order valence-electron chi connectivity index (χ2n) is 14.2. The number of amides is 1. The highest BCUT2D eigenvalue weighted by atomic mass is 19.4. The number of carbonyl (C=O) groups excluding carboxylic acids is 1. The fourth-order valence-electron chi connectivity index (χ4n) is 6.17. The number of alkyl halides is 3. The van der Waals surface area contributed by atoms with Crippen LogP contribution in [0, 0.1) is 13.8 Å². The zero-order valence-electron chi connectivity index (χ0n) is 33.1. The number of aryl methyl sites for hydroxylation is 2. The number of halogens is 3. The van der Waals surface area contributed by atoms with Gasteiger partial charge in [-0.2, -0.15) is 13.2 Å². The molecule has 0 radical (unpaired) electrons. The molecule has 304 valence electrons. The molecule has 5 rings (SSSR count). The first kappa shape index (κ1) is 44.1. The van der Waals surface area contributed by atoms with Crippen LogP contribution in [-0.2, 0) is 11.0 Å². The summed E-state index contributed by atoms with van der Waals surface area (Å²) in [6.45, 7) is 5.84. The Labute approximate surface area is 333 Å². The maximum Gasteiger partial charge on any atom is 0.416 e. The van der Waals surface area contributed by atoms with E-state index in [1.807, 2.05) is 13.0 Å². The lowest BCUT2D eigenvalue weighted by molar-refractivity contribution is -0.138. The molecular formula is C44H54F3N7O3. The van der Waals surface area contributed by atoms with Crippen LogP contribution < -0.4 is 10.6 Å². The number of nitrogens with one attached hydrogen (secondary N) is 2. The Balaban J connectivity index is 0.000000339. The molecule has 0 aliphatic heterocycles. The van der Waals surface area contributed by atoms with E-state index in [0.717, 1.165) is 36.1 Å². The van der Waals surface area contributed by atoms with Crippen LogP contribution in [0.15, 0.2) is 85.7 Å². The van der Waals surface area contributed by atoms with Crippen molar-refractivity contribution in [3.8, 4) is 16.9 Å². The Kier molecular flexibility index (Phi) is 17.7. The van der Waals surface area contributed by atoms with Gasteiger partial charge < -0.3 is 20.3 Å². The second kappa shape index (κ2) is 22.8. The average molecular weight is 786 g/mol. The quantitative estimate of drug-likeness (QED) is 0.0664. The minimum atomic E-state index is -4.60. The van der Waals surface area contributed by atoms with Crippen LogP contribution in [0.5, 0.6) is 0 Å². The Morgan fingerprint density at radius 3 is 2.09 bits per heavy atom. The number of aliphatic carboxylic acids is 1. The number of unbranched alkanes of at least 4 members (excludes halogenated alkanes) is 12. The van der Waals surface area contributed by atoms with Crippen molar-refractivity contribution in [1.82, 2.24) is 24.5 Å². The van der Waals surface area contributed by atoms with E-state index in [4.69, 9.17) is 5.11 Å². The summed E-state index contributed by atoms with van der Waals surface area (Å²) in [6.07, 6.45) is 20.7. The summed E-state index contributed by atoms with van der Waals surface area (Å²) < 4.78 is 42.3. The van der Waals surface area contributed by atoms with Gasteiger partial charge >= 0.3 is 12.1 Å². The Morgan fingerprint density at radius 1 is 0.807 bits per heavy atom. The summed E-state index contributed by atoms with van der Waals surface area (Å²) in [5.41, 5.74) is 3.09. The average Bonchev–Trinajstić information content (AvgIpc) is 3.64. The Hall–Kier alpha value is -5.59. The van der Waals surface area contributed by atoms with E-state index in [2.05, 4.69) is 37.5 Å². The molecule has 0 fully saturated rings. The van der Waals surface area contributed by atoms with Gasteiger partial charge in [0.15, 0.2) is 0 Å². The van der Waals surface area contributed by atoms with Gasteiger partial charge in [0, 0.05) is 59.4 Å². The molecule has 0 unspecified atom stereocenters. The molecule has 0 saturated carbocycles. The summed E-state index contributed by atoms with van der Waals surface area (Å²) >= 11 is 0. The number of carboxylic acids is 1. The van der Waals surface area contributed by atoms with E-state index in [0.29, 0.717) is 29.4 Å². The van der Waals surface area contributed by atoms with Gasteiger partial charge in [-0.25, -0.2) is 15.0 Å². The minimum absolute atomic E-state index is 0.00114. The molecule has 2 aromatic carbocycles. The third-order valence-electron chi connectivity index (χ3n) is 9.37. The number of carboxylic acid groups (broad SMARTS) is 1. The zero-order valence-corrected chi connectivity index (χ0v) is 33.1. The number of benzene rings is 2. The highest BCUT2D eigenvalue weighted by Gasteiger charge is 2.31. The predicted molar refractivity (Wildman–Crippen MR) is 219 cm³/mol. The SMILES string of the molecule is CCCCCCCCCCCCCCCC(=O)O.Cc1cn(-c2cc(NC(=O)c3ccc(C)c(Nc4nccc(-c5cccnc5)n4)c3)cc(C(F)(F)F)c2)cn1. The fourth-order valence-corrected chi connectivity index (χ4v) is 6.17. The molecule has 57 heavy (non-hydrogen) atoms. The van der Waals surface area contributed by atoms with Gasteiger partial charge in [0.25, 0.3) is 5.91 Å². The first-order valence-electron chi connectivity index (χ1n) is 19.8. The second-order valence-corrected chi connectivity index (χ2v) is 14.2. The number of anilines is 3. The van der Waals surface area contributed by atoms with Crippen LogP contribution in [0.1, 0.15) is 124 Å². The molecule has 0 aliphatic carbocycles. The van der Waals surface area contributed by atoms with Crippen LogP contribution in [0.4, 0.5) is 30.5 Å². The molecule has 10 nitrogen and oxygen atoms in total. The van der Waals surface area contributed by atoms with E-state index in [-0.39, 0.29) is 16.9 Å². The fraction of sp³-hybridized carbons (Fsp3) is 0.409. The van der Waals surface area contributed by atoms with Gasteiger partial charge in [-0.1, -0.05) is 90.0 Å². The standard InChI is InChI=1S/C28H22F3N7O.C16H32O2/c1-17-5-6-19(10-25(17)37-27-33-9-7-24(36-27)20-4-3-8-32-14-20)26(39)35-22-11-21(28(29,30)31)12-23(13-22)38-15-18(2)34-16-38;1-2-3-4-5-6-7-8-9-10-11-12-13-14-15-16(17)18/h3-16H,1-2H3,(H,35,39)(H,33,36,37);2-15H2,1H3,(H,17,18). The lowest BCUT2D eigenvalue weighted by Crippen LogP contribution is -2.14. The van der Waals surface area contributed by atoms with Gasteiger partial charge in [0.05, 0.1) is 23.3 Å². The van der Waals surface area contributed by atoms with E-state index in [9.17, 15) is 22.8 Å². The van der Waals surface area contributed by atoms with Crippen molar-refractivity contribution in [3.63, 3.8) is 0 Å². The third kappa shape index (κ3) is 15.5. The maximum atomic E-state index is 13.6. The lowest BCUT2D eigenvalue weighted by atomic mass is 10.0. The summed E-state index contributed by atoms with van der Waals surface area (Å²) in [6, 6.07) is 13.7. The maximum absolute atomic E-state index is 13.6. The molecule has 3 heterocycles. The molecule has 0 aliphatic rings. The molecule has 13 heteroatoms. The number of imidazole rings is 1. The molecule has 5 aromatic rings. The largest absolute Gasteiger partial charge is 0.481 e. The number of nitrogens with zero attached hydrogens (tertiary/aromatic N) is 5. The predicted octanol–water partition coefficient (Wildman–Crippen LogP) is 11.9. The van der Waals surface area contributed by atoms with Gasteiger partial charge in [0.2, 0.25) is 5.95 Å². The van der Waals surface area contributed by atoms with Crippen molar-refractivity contribution in [3.05, 3.63) is 108 Å². The molecule has 0 saturated heterocycles. The monoisotopic (exact) mass is 785 g/mol. The van der Waals surface area contributed by atoms with Crippen LogP contribution in [0.25, 0.3) is 16.9 Å². The topological polar surface area (TPSA) is 135 Å². The first-order chi connectivity index (χ1) is 27.4. The number of hydrogen-bond donors (Lipinski definition) is 3. The summed E-state index contributed by atoms with van der Waals surface area (Å²) in [7, 11) is 0. The summed E-state index contributed by atoms with van der Waals surface area (Å²) in [4.78, 5) is 40.4. The molecule has 0 atom stereocenters. The van der Waals surface area contributed by atoms with Gasteiger partial charge in [-0.15, -0.1) is 0 Å². The molecule has 3 aromatic heterocycles. The van der Waals surface area contributed by atoms with Gasteiger partial charge in [0.1, 0.15) is 0 Å². The number of carbonyl (C=O) groups is 2. The molecule has 0 bridgehead atoms. The van der Waals surface area contributed by atoms with Crippen molar-refractivity contribution in [2.75, 3.05) is 10.6 Å². The highest BCUT2D eigenvalue weighted by molar-refractivity contribution is 6.05. The van der Waals surface area contributed by atoms with Crippen LogP contribution in [0.3, 0.4) is 0 Å². The number of aromatic nitrogens is 5. The number of rotatable bonds is 20. The molecule has 0 spiro atoms. The van der Waals surface area contributed by atoms with E-state index in [1.54, 1.807) is 62.0 Å². The normalized spacial score (nSPS) is 11.1. The van der Waals surface area contributed by atoms with Crippen LogP contribution >= 0.6 is 0 Å². The smallest absolute Gasteiger partial charge is 0.416 e. The van der Waals surface area contributed by atoms with Crippen LogP contribution in [-0.4, -0.2) is 41.5 Å². The lowest BCUT2D eigenvalue weighted by Gasteiger charge is -2.14. The van der Waals surface area contributed by atoms with E-state index < -0.39 is 23.6 Å². The molecule has 3 N–H and O–H groups in total. The van der Waals surface area contributed by atoms with Crippen LogP contribution in [0.2, 0.25) is 0 Å². The van der Waals surface area contributed by atoms with Crippen molar-refractivity contribution >= 4 is 29.2 Å². The number of hydrogen-bond acceptors (Lipinski definition) is 7. The van der Waals surface area contributed by atoms with Crippen molar-refractivity contribution in [2.45, 2.75) is 117 Å². The minimum Gasteiger partial charge on any atom is -0.481 e. The zero-order chi connectivity index (χ0) is 41.0. The first-order valence-corrected chi connectivity index (χ1v) is 19.8. The van der Waals surface area contributed by atoms with Gasteiger partial charge in [-0.3, -0.25) is 14.6 Å². The van der Waals surface area contributed by atoms with E-state index >= 15 is 0 Å². The molecule has 1 amide bonds. The third-order valence-corrected chi connectivity index (χ3v) is 9.37. The summed E-state index contributed by atoms with van der Waals surface area (Å²) in [5.74, 6) is -0.914. The molecular weight excluding hydrogens is 732 g/mol. The summed E-state index contributed by atoms with van der Waals surface area (Å²) in [5, 5.41) is 14.2. The van der Waals surface area contributed by atoms with Crippen molar-refractivity contribution < 1.29 is 27.9 Å². The highest BCUT2D eigenvalue weighted by Crippen LogP contribution is 2.33.